The summed E-state index contributed by atoms with van der Waals surface area (Å²) in [7, 11) is 0. The molecule has 1 amide bonds. The number of carbonyl (C=O) groups excluding carboxylic acids is 1. The molecule has 1 heterocycles. The molecule has 1 aromatic heterocycles. The molecule has 5 heteroatoms. The average Bonchev–Trinajstić information content (AvgIpc) is 2.67. The monoisotopic (exact) mass is 298 g/mol. The lowest BCUT2D eigenvalue weighted by Crippen LogP contribution is -2.04. The molecule has 0 bridgehead atoms. The number of nitrogens with one attached hydrogen (secondary N) is 1. The summed E-state index contributed by atoms with van der Waals surface area (Å²) in [6.07, 6.45) is 0. The summed E-state index contributed by atoms with van der Waals surface area (Å²) >= 11 is 1.43. The molecule has 0 saturated heterocycles. The van der Waals surface area contributed by atoms with Gasteiger partial charge >= 0.3 is 0 Å². The molecule has 0 aliphatic rings. The Balaban J connectivity index is 0.00000128. The van der Waals surface area contributed by atoms with E-state index in [1.807, 2.05) is 35.7 Å². The van der Waals surface area contributed by atoms with Crippen molar-refractivity contribution in [3.63, 3.8) is 0 Å². The van der Waals surface area contributed by atoms with Gasteiger partial charge in [-0.25, -0.2) is 4.98 Å². The highest BCUT2D eigenvalue weighted by Crippen LogP contribution is 2.24. The lowest BCUT2D eigenvalue weighted by molar-refractivity contribution is -0.114. The second-order valence-corrected chi connectivity index (χ2v) is 3.94. The van der Waals surface area contributed by atoms with Crippen LogP contribution in [0.5, 0.6) is 0 Å². The molecule has 0 atom stereocenters. The maximum absolute atomic E-state index is 10.8. The second-order valence-electron chi connectivity index (χ2n) is 3.09. The Kier molecular flexibility index (Phi) is 4.64. The second kappa shape index (κ2) is 5.77. The third kappa shape index (κ3) is 3.15. The van der Waals surface area contributed by atoms with Crippen LogP contribution >= 0.6 is 28.3 Å². The van der Waals surface area contributed by atoms with E-state index >= 15 is 0 Å². The van der Waals surface area contributed by atoms with E-state index in [1.165, 1.54) is 18.3 Å². The van der Waals surface area contributed by atoms with Crippen molar-refractivity contribution in [2.45, 2.75) is 6.92 Å². The lowest BCUT2D eigenvalue weighted by Gasteiger charge is -1.95. The van der Waals surface area contributed by atoms with Crippen molar-refractivity contribution in [3.05, 3.63) is 35.7 Å². The van der Waals surface area contributed by atoms with Crippen molar-refractivity contribution >= 4 is 39.4 Å². The minimum absolute atomic E-state index is 0. The lowest BCUT2D eigenvalue weighted by atomic mass is 10.2. The van der Waals surface area contributed by atoms with Crippen LogP contribution in [0.3, 0.4) is 0 Å². The van der Waals surface area contributed by atoms with Gasteiger partial charge in [-0.05, 0) is 0 Å². The van der Waals surface area contributed by atoms with E-state index in [9.17, 15) is 4.79 Å². The summed E-state index contributed by atoms with van der Waals surface area (Å²) in [6.45, 7) is 1.48. The van der Waals surface area contributed by atoms with Gasteiger partial charge in [0.1, 0.15) is 0 Å². The predicted molar refractivity (Wildman–Crippen MR) is 72.2 cm³/mol. The number of rotatable bonds is 2. The number of nitrogens with zero attached hydrogens (tertiary/aromatic N) is 1. The van der Waals surface area contributed by atoms with Crippen LogP contribution in [-0.2, 0) is 4.79 Å². The topological polar surface area (TPSA) is 42.0 Å². The number of amides is 1. The number of carbonyl (C=O) groups is 1. The van der Waals surface area contributed by atoms with Gasteiger partial charge in [0.2, 0.25) is 5.91 Å². The molecule has 3 nitrogen and oxygen atoms in total. The quantitative estimate of drug-likeness (QED) is 0.924. The van der Waals surface area contributed by atoms with Crippen LogP contribution in [0.1, 0.15) is 6.92 Å². The SMILES string of the molecule is Br.CC(=O)Nc1nc(-c2ccccc2)cs1. The van der Waals surface area contributed by atoms with E-state index < -0.39 is 0 Å². The number of thiazole rings is 1. The Bertz CT molecular complexity index is 470. The fourth-order valence-electron chi connectivity index (χ4n) is 1.22. The number of aromatic nitrogens is 1. The van der Waals surface area contributed by atoms with Crippen molar-refractivity contribution < 1.29 is 4.79 Å². The standard InChI is InChI=1S/C11H10N2OS.BrH/c1-8(14)12-11-13-10(7-15-11)9-5-3-2-4-6-9;/h2-7H,1H3,(H,12,13,14);1H. The number of benzene rings is 1. The van der Waals surface area contributed by atoms with Gasteiger partial charge < -0.3 is 5.32 Å². The fraction of sp³-hybridized carbons (Fsp3) is 0.0909. The van der Waals surface area contributed by atoms with Crippen molar-refractivity contribution in [2.24, 2.45) is 0 Å². The van der Waals surface area contributed by atoms with Crippen molar-refractivity contribution in [2.75, 3.05) is 5.32 Å². The molecule has 0 spiro atoms. The molecular weight excluding hydrogens is 288 g/mol. The van der Waals surface area contributed by atoms with Crippen LogP contribution in [-0.4, -0.2) is 10.9 Å². The number of hydrogen-bond donors (Lipinski definition) is 1. The first-order chi connectivity index (χ1) is 7.25. The summed E-state index contributed by atoms with van der Waals surface area (Å²) < 4.78 is 0. The molecule has 1 aromatic carbocycles. The molecule has 84 valence electrons. The molecule has 0 radical (unpaired) electrons. The van der Waals surface area contributed by atoms with Crippen LogP contribution in [0, 0.1) is 0 Å². The summed E-state index contributed by atoms with van der Waals surface area (Å²) in [5.74, 6) is -0.0936. The van der Waals surface area contributed by atoms with Crippen LogP contribution in [0.15, 0.2) is 35.7 Å². The van der Waals surface area contributed by atoms with Gasteiger partial charge in [-0.15, -0.1) is 28.3 Å². The van der Waals surface area contributed by atoms with Gasteiger partial charge in [0.05, 0.1) is 5.69 Å². The Hall–Kier alpha value is -1.20. The Morgan fingerprint density at radius 3 is 2.62 bits per heavy atom. The Labute approximate surface area is 108 Å². The van der Waals surface area contributed by atoms with Crippen LogP contribution < -0.4 is 5.32 Å². The van der Waals surface area contributed by atoms with Crippen molar-refractivity contribution in [3.8, 4) is 11.3 Å². The Morgan fingerprint density at radius 1 is 1.31 bits per heavy atom. The van der Waals surface area contributed by atoms with Gasteiger partial charge in [-0.2, -0.15) is 0 Å². The van der Waals surface area contributed by atoms with E-state index in [0.29, 0.717) is 5.13 Å². The number of hydrogen-bond acceptors (Lipinski definition) is 3. The van der Waals surface area contributed by atoms with Gasteiger partial charge in [0, 0.05) is 17.9 Å². The summed E-state index contributed by atoms with van der Waals surface area (Å²) in [5.41, 5.74) is 1.95. The zero-order valence-corrected chi connectivity index (χ0v) is 11.2. The van der Waals surface area contributed by atoms with E-state index in [-0.39, 0.29) is 22.9 Å². The van der Waals surface area contributed by atoms with Crippen molar-refractivity contribution in [1.29, 1.82) is 0 Å². The number of anilines is 1. The highest BCUT2D eigenvalue weighted by atomic mass is 79.9. The zero-order chi connectivity index (χ0) is 10.7. The molecule has 0 aliphatic carbocycles. The zero-order valence-electron chi connectivity index (χ0n) is 8.64. The molecule has 0 aliphatic heterocycles. The predicted octanol–water partition coefficient (Wildman–Crippen LogP) is 3.35. The largest absolute Gasteiger partial charge is 0.302 e. The molecule has 16 heavy (non-hydrogen) atoms. The third-order valence-electron chi connectivity index (χ3n) is 1.86. The van der Waals surface area contributed by atoms with Crippen LogP contribution in [0.25, 0.3) is 11.3 Å². The maximum Gasteiger partial charge on any atom is 0.223 e. The summed E-state index contributed by atoms with van der Waals surface area (Å²) in [6, 6.07) is 9.88. The summed E-state index contributed by atoms with van der Waals surface area (Å²) in [5, 5.41) is 5.23. The maximum atomic E-state index is 10.8. The molecule has 2 rings (SSSR count). The molecule has 0 saturated carbocycles. The average molecular weight is 299 g/mol. The van der Waals surface area contributed by atoms with E-state index in [1.54, 1.807) is 0 Å². The van der Waals surface area contributed by atoms with Crippen LogP contribution in [0.2, 0.25) is 0 Å². The molecule has 2 aromatic rings. The van der Waals surface area contributed by atoms with Gasteiger partial charge in [0.25, 0.3) is 0 Å². The van der Waals surface area contributed by atoms with E-state index in [2.05, 4.69) is 10.3 Å². The first-order valence-electron chi connectivity index (χ1n) is 4.54. The Morgan fingerprint density at radius 2 is 2.00 bits per heavy atom. The van der Waals surface area contributed by atoms with E-state index in [4.69, 9.17) is 0 Å². The smallest absolute Gasteiger partial charge is 0.223 e. The first kappa shape index (κ1) is 12.9. The minimum atomic E-state index is -0.0936. The normalized spacial score (nSPS) is 9.31. The molecule has 1 N–H and O–H groups in total. The van der Waals surface area contributed by atoms with E-state index in [0.717, 1.165) is 11.3 Å². The number of halogens is 1. The molecular formula is C11H11BrN2OS. The molecule has 0 fully saturated rings. The first-order valence-corrected chi connectivity index (χ1v) is 5.42. The van der Waals surface area contributed by atoms with Crippen molar-refractivity contribution in [1.82, 2.24) is 4.98 Å². The highest BCUT2D eigenvalue weighted by Gasteiger charge is 2.04. The van der Waals surface area contributed by atoms with Gasteiger partial charge in [-0.3, -0.25) is 4.79 Å². The highest BCUT2D eigenvalue weighted by molar-refractivity contribution is 8.93. The molecule has 0 unspecified atom stereocenters. The van der Waals surface area contributed by atoms with Gasteiger partial charge in [0.15, 0.2) is 5.13 Å². The van der Waals surface area contributed by atoms with Gasteiger partial charge in [-0.1, -0.05) is 30.3 Å². The fourth-order valence-corrected chi connectivity index (χ4v) is 1.99. The third-order valence-corrected chi connectivity index (χ3v) is 2.61. The minimum Gasteiger partial charge on any atom is -0.302 e. The van der Waals surface area contributed by atoms with Crippen LogP contribution in [0.4, 0.5) is 5.13 Å². The summed E-state index contributed by atoms with van der Waals surface area (Å²) in [4.78, 5) is 15.1.